The van der Waals surface area contributed by atoms with Gasteiger partial charge in [0, 0.05) is 52.1 Å². The molecular formula is C27H26N6O2S. The van der Waals surface area contributed by atoms with Crippen LogP contribution in [0.3, 0.4) is 0 Å². The molecule has 5 rings (SSSR count). The molecule has 0 saturated carbocycles. The summed E-state index contributed by atoms with van der Waals surface area (Å²) in [6.07, 6.45) is 5.01. The molecule has 1 aromatic carbocycles. The summed E-state index contributed by atoms with van der Waals surface area (Å²) >= 11 is 1.71. The molecule has 0 spiro atoms. The van der Waals surface area contributed by atoms with E-state index in [0.717, 1.165) is 16.1 Å². The number of imidazole rings is 1. The number of benzene rings is 1. The molecule has 1 N–H and O–H groups in total. The predicted molar refractivity (Wildman–Crippen MR) is 142 cm³/mol. The average molecular weight is 499 g/mol. The van der Waals surface area contributed by atoms with Crippen molar-refractivity contribution in [3.8, 4) is 11.3 Å². The fraction of sp³-hybridized carbons (Fsp3) is 0.222. The number of ketones is 1. The van der Waals surface area contributed by atoms with E-state index in [-0.39, 0.29) is 17.7 Å². The van der Waals surface area contributed by atoms with Gasteiger partial charge in [-0.15, -0.1) is 11.3 Å². The number of carbonyl (C=O) groups excluding carboxylic acids is 2. The highest BCUT2D eigenvalue weighted by Gasteiger charge is 2.20. The lowest BCUT2D eigenvalue weighted by Gasteiger charge is -2.11. The van der Waals surface area contributed by atoms with Crippen LogP contribution in [0.1, 0.15) is 56.2 Å². The van der Waals surface area contributed by atoms with Crippen molar-refractivity contribution in [3.05, 3.63) is 81.7 Å². The van der Waals surface area contributed by atoms with Crippen molar-refractivity contribution in [2.45, 2.75) is 33.7 Å². The Labute approximate surface area is 212 Å². The number of nitrogens with zero attached hydrogens (tertiary/aromatic N) is 5. The molecule has 0 aliphatic carbocycles. The van der Waals surface area contributed by atoms with E-state index in [4.69, 9.17) is 4.98 Å². The first-order valence-corrected chi connectivity index (χ1v) is 12.4. The quantitative estimate of drug-likeness (QED) is 0.309. The van der Waals surface area contributed by atoms with E-state index in [1.807, 2.05) is 24.6 Å². The first kappa shape index (κ1) is 23.6. The number of hydrogen-bond acceptors (Lipinski definition) is 6. The predicted octanol–water partition coefficient (Wildman–Crippen LogP) is 5.57. The van der Waals surface area contributed by atoms with Crippen molar-refractivity contribution in [1.82, 2.24) is 24.3 Å². The fourth-order valence-electron chi connectivity index (χ4n) is 4.22. The van der Waals surface area contributed by atoms with E-state index in [0.29, 0.717) is 33.7 Å². The van der Waals surface area contributed by atoms with E-state index in [1.54, 1.807) is 65.8 Å². The maximum absolute atomic E-state index is 13.5. The smallest absolute Gasteiger partial charge is 0.256 e. The van der Waals surface area contributed by atoms with Gasteiger partial charge in [0.25, 0.3) is 5.91 Å². The molecule has 9 heteroatoms. The summed E-state index contributed by atoms with van der Waals surface area (Å²) in [5.41, 5.74) is 4.01. The largest absolute Gasteiger partial charge is 0.331 e. The van der Waals surface area contributed by atoms with Crippen LogP contribution in [0, 0.1) is 13.8 Å². The summed E-state index contributed by atoms with van der Waals surface area (Å²) in [5.74, 6) is -0.0808. The highest BCUT2D eigenvalue weighted by Crippen LogP contribution is 2.33. The zero-order valence-electron chi connectivity index (χ0n) is 20.7. The Bertz CT molecular complexity index is 1610. The van der Waals surface area contributed by atoms with Crippen molar-refractivity contribution in [2.75, 3.05) is 5.32 Å². The van der Waals surface area contributed by atoms with E-state index in [2.05, 4.69) is 35.3 Å². The van der Waals surface area contributed by atoms with Crippen LogP contribution in [0.2, 0.25) is 0 Å². The van der Waals surface area contributed by atoms with Crippen LogP contribution < -0.4 is 5.32 Å². The standard InChI is InChI=1S/C27H26N6O2S/c1-15(2)33-25-22(14-29-33)21(13-23(31-25)20-12-16(3)36-17(20)4)27(35)30-19-8-6-18(7-9-19)24(34)26-28-10-11-32(26)5/h6-15H,1-5H3,(H,30,35). The maximum atomic E-state index is 13.5. The minimum atomic E-state index is -0.264. The molecule has 0 aliphatic heterocycles. The van der Waals surface area contributed by atoms with Crippen LogP contribution >= 0.6 is 11.3 Å². The van der Waals surface area contributed by atoms with E-state index in [9.17, 15) is 9.59 Å². The third-order valence-electron chi connectivity index (χ3n) is 6.05. The number of hydrogen-bond donors (Lipinski definition) is 1. The highest BCUT2D eigenvalue weighted by molar-refractivity contribution is 7.12. The molecule has 4 aromatic heterocycles. The molecule has 1 amide bonds. The molecule has 182 valence electrons. The van der Waals surface area contributed by atoms with Crippen LogP contribution in [0.15, 0.2) is 55.0 Å². The zero-order chi connectivity index (χ0) is 25.6. The van der Waals surface area contributed by atoms with Crippen LogP contribution in [0.4, 0.5) is 5.69 Å². The molecule has 0 bridgehead atoms. The topological polar surface area (TPSA) is 94.7 Å². The number of aryl methyl sites for hydroxylation is 3. The van der Waals surface area contributed by atoms with Gasteiger partial charge < -0.3 is 9.88 Å². The van der Waals surface area contributed by atoms with Gasteiger partial charge in [-0.05, 0) is 64.1 Å². The van der Waals surface area contributed by atoms with Gasteiger partial charge in [-0.2, -0.15) is 5.10 Å². The molecule has 0 aliphatic rings. The molecule has 0 unspecified atom stereocenters. The lowest BCUT2D eigenvalue weighted by Crippen LogP contribution is -2.14. The lowest BCUT2D eigenvalue weighted by atomic mass is 10.1. The van der Waals surface area contributed by atoms with Crippen molar-refractivity contribution < 1.29 is 9.59 Å². The summed E-state index contributed by atoms with van der Waals surface area (Å²) < 4.78 is 3.51. The summed E-state index contributed by atoms with van der Waals surface area (Å²) in [5, 5.41) is 8.16. The number of carbonyl (C=O) groups is 2. The molecule has 0 saturated heterocycles. The fourth-order valence-corrected chi connectivity index (χ4v) is 5.16. The Morgan fingerprint density at radius 2 is 1.83 bits per heavy atom. The van der Waals surface area contributed by atoms with Crippen LogP contribution in [0.5, 0.6) is 0 Å². The second kappa shape index (κ2) is 9.16. The summed E-state index contributed by atoms with van der Waals surface area (Å²) in [4.78, 5) is 37.5. The molecular weight excluding hydrogens is 472 g/mol. The Kier molecular flexibility index (Phi) is 6.01. The Morgan fingerprint density at radius 3 is 2.44 bits per heavy atom. The van der Waals surface area contributed by atoms with E-state index >= 15 is 0 Å². The van der Waals surface area contributed by atoms with Crippen LogP contribution in [-0.4, -0.2) is 36.0 Å². The summed E-state index contributed by atoms with van der Waals surface area (Å²) in [7, 11) is 1.78. The second-order valence-electron chi connectivity index (χ2n) is 9.02. The first-order chi connectivity index (χ1) is 17.2. The number of amides is 1. The van der Waals surface area contributed by atoms with Gasteiger partial charge in [0.05, 0.1) is 22.8 Å². The maximum Gasteiger partial charge on any atom is 0.256 e. The lowest BCUT2D eigenvalue weighted by molar-refractivity contribution is 0.102. The number of rotatable bonds is 6. The third-order valence-corrected chi connectivity index (χ3v) is 7.01. The normalized spacial score (nSPS) is 11.4. The Morgan fingerprint density at radius 1 is 1.08 bits per heavy atom. The van der Waals surface area contributed by atoms with Crippen LogP contribution in [-0.2, 0) is 7.05 Å². The molecule has 8 nitrogen and oxygen atoms in total. The van der Waals surface area contributed by atoms with Crippen molar-refractivity contribution >= 4 is 39.7 Å². The minimum Gasteiger partial charge on any atom is -0.331 e. The third kappa shape index (κ3) is 4.22. The Hall–Kier alpha value is -4.11. The molecule has 0 atom stereocenters. The van der Waals surface area contributed by atoms with Crippen molar-refractivity contribution in [2.24, 2.45) is 7.05 Å². The summed E-state index contributed by atoms with van der Waals surface area (Å²) in [6.45, 7) is 8.20. The SMILES string of the molecule is Cc1cc(-c2cc(C(=O)Nc3ccc(C(=O)c4nccn4C)cc3)c3cnn(C(C)C)c3n2)c(C)s1. The van der Waals surface area contributed by atoms with Gasteiger partial charge in [-0.3, -0.25) is 9.59 Å². The number of pyridine rings is 1. The summed E-state index contributed by atoms with van der Waals surface area (Å²) in [6, 6.07) is 10.8. The first-order valence-electron chi connectivity index (χ1n) is 11.6. The highest BCUT2D eigenvalue weighted by atomic mass is 32.1. The monoisotopic (exact) mass is 498 g/mol. The van der Waals surface area contributed by atoms with Gasteiger partial charge in [-0.25, -0.2) is 14.6 Å². The van der Waals surface area contributed by atoms with Gasteiger partial charge in [-0.1, -0.05) is 0 Å². The zero-order valence-corrected chi connectivity index (χ0v) is 21.6. The van der Waals surface area contributed by atoms with Gasteiger partial charge in [0.2, 0.25) is 5.78 Å². The molecule has 5 aromatic rings. The van der Waals surface area contributed by atoms with Crippen molar-refractivity contribution in [1.29, 1.82) is 0 Å². The number of anilines is 1. The molecule has 36 heavy (non-hydrogen) atoms. The van der Waals surface area contributed by atoms with Crippen LogP contribution in [0.25, 0.3) is 22.3 Å². The van der Waals surface area contributed by atoms with E-state index in [1.165, 1.54) is 4.88 Å². The average Bonchev–Trinajstić information content (AvgIpc) is 3.56. The van der Waals surface area contributed by atoms with E-state index < -0.39 is 0 Å². The molecule has 0 fully saturated rings. The number of nitrogens with one attached hydrogen (secondary N) is 1. The number of thiophene rings is 1. The van der Waals surface area contributed by atoms with Gasteiger partial charge in [0.15, 0.2) is 11.5 Å². The second-order valence-corrected chi connectivity index (χ2v) is 10.5. The Balaban J connectivity index is 1.49. The molecule has 0 radical (unpaired) electrons. The molecule has 4 heterocycles. The number of fused-ring (bicyclic) bond motifs is 1. The number of aromatic nitrogens is 5. The van der Waals surface area contributed by atoms with Gasteiger partial charge in [0.1, 0.15) is 0 Å². The van der Waals surface area contributed by atoms with Crippen molar-refractivity contribution in [3.63, 3.8) is 0 Å². The van der Waals surface area contributed by atoms with Gasteiger partial charge >= 0.3 is 0 Å². The minimum absolute atomic E-state index is 0.0928.